The van der Waals surface area contributed by atoms with Crippen molar-refractivity contribution in [2.75, 3.05) is 48.4 Å². The van der Waals surface area contributed by atoms with Crippen LogP contribution in [-0.2, 0) is 11.2 Å². The van der Waals surface area contributed by atoms with Gasteiger partial charge in [0, 0.05) is 37.1 Å². The van der Waals surface area contributed by atoms with Gasteiger partial charge in [0.15, 0.2) is 5.65 Å². The smallest absolute Gasteiger partial charge is 0.167 e. The molecule has 1 fully saturated rings. The van der Waals surface area contributed by atoms with E-state index in [2.05, 4.69) is 56.2 Å². The van der Waals surface area contributed by atoms with Gasteiger partial charge in [-0.2, -0.15) is 0 Å². The fourth-order valence-electron chi connectivity index (χ4n) is 4.53. The van der Waals surface area contributed by atoms with Crippen molar-refractivity contribution < 1.29 is 4.74 Å². The summed E-state index contributed by atoms with van der Waals surface area (Å²) in [4.78, 5) is 22.7. The zero-order valence-electron chi connectivity index (χ0n) is 17.6. The second kappa shape index (κ2) is 7.72. The highest BCUT2D eigenvalue weighted by molar-refractivity contribution is 6.01. The van der Waals surface area contributed by atoms with Gasteiger partial charge in [-0.3, -0.25) is 0 Å². The average Bonchev–Trinajstić information content (AvgIpc) is 3.28. The van der Waals surface area contributed by atoms with Crippen LogP contribution >= 0.6 is 0 Å². The molecule has 0 aliphatic carbocycles. The Morgan fingerprint density at radius 2 is 1.78 bits per heavy atom. The lowest BCUT2D eigenvalue weighted by atomic mass is 10.1. The molecule has 8 nitrogen and oxygen atoms in total. The van der Waals surface area contributed by atoms with Crippen molar-refractivity contribution in [2.45, 2.75) is 6.42 Å². The van der Waals surface area contributed by atoms with Crippen LogP contribution in [0.3, 0.4) is 0 Å². The molecule has 1 saturated heterocycles. The normalized spacial score (nSPS) is 15.9. The summed E-state index contributed by atoms with van der Waals surface area (Å²) in [6.45, 7) is 4.06. The molecule has 2 aliphatic rings. The van der Waals surface area contributed by atoms with Gasteiger partial charge >= 0.3 is 0 Å². The van der Waals surface area contributed by atoms with Crippen LogP contribution in [0.4, 0.5) is 23.0 Å². The molecule has 5 heterocycles. The lowest BCUT2D eigenvalue weighted by Crippen LogP contribution is -2.36. The lowest BCUT2D eigenvalue weighted by Gasteiger charge is -2.27. The van der Waals surface area contributed by atoms with E-state index in [9.17, 15) is 0 Å². The Hall–Kier alpha value is -3.78. The molecule has 3 aromatic heterocycles. The third-order valence-corrected chi connectivity index (χ3v) is 6.17. The Bertz CT molecular complexity index is 1290. The number of aromatic nitrogens is 4. The van der Waals surface area contributed by atoms with Gasteiger partial charge in [0.25, 0.3) is 0 Å². The molecule has 6 rings (SSSR count). The molecule has 4 aromatic rings. The number of para-hydroxylation sites is 1. The van der Waals surface area contributed by atoms with E-state index in [1.54, 1.807) is 0 Å². The van der Waals surface area contributed by atoms with E-state index in [1.165, 1.54) is 17.6 Å². The van der Waals surface area contributed by atoms with Crippen LogP contribution in [0.25, 0.3) is 22.3 Å². The number of hydrogen-bond donors (Lipinski definition) is 1. The zero-order valence-corrected chi connectivity index (χ0v) is 17.6. The first-order valence-electron chi connectivity index (χ1n) is 10.8. The minimum Gasteiger partial charge on any atom is -0.383 e. The maximum absolute atomic E-state index is 6.29. The van der Waals surface area contributed by atoms with E-state index in [-0.39, 0.29) is 0 Å². The van der Waals surface area contributed by atoms with E-state index < -0.39 is 0 Å². The number of anilines is 4. The van der Waals surface area contributed by atoms with Crippen LogP contribution in [0.5, 0.6) is 0 Å². The van der Waals surface area contributed by atoms with Crippen LogP contribution in [0.2, 0.25) is 0 Å². The van der Waals surface area contributed by atoms with Crippen LogP contribution in [-0.4, -0.2) is 52.8 Å². The van der Waals surface area contributed by atoms with Crippen molar-refractivity contribution in [3.05, 3.63) is 60.6 Å². The van der Waals surface area contributed by atoms with Crippen LogP contribution in [0.15, 0.2) is 55.0 Å². The molecular formula is C24H23N7O. The van der Waals surface area contributed by atoms with E-state index in [1.807, 2.05) is 12.3 Å². The molecule has 0 bridgehead atoms. The zero-order chi connectivity index (χ0) is 21.5. The van der Waals surface area contributed by atoms with E-state index in [0.717, 1.165) is 67.4 Å². The van der Waals surface area contributed by atoms with Gasteiger partial charge in [-0.1, -0.05) is 18.2 Å². The monoisotopic (exact) mass is 425 g/mol. The number of rotatable bonds is 3. The molecule has 0 saturated carbocycles. The molecule has 0 radical (unpaired) electrons. The van der Waals surface area contributed by atoms with Gasteiger partial charge in [0.05, 0.1) is 30.0 Å². The highest BCUT2D eigenvalue weighted by atomic mass is 16.5. The van der Waals surface area contributed by atoms with Crippen molar-refractivity contribution in [1.29, 1.82) is 0 Å². The molecule has 0 amide bonds. The SMILES string of the molecule is Nc1ncnc2nc(-c3ccc(N4CCOCC4)nc3)cc(N3CCc4ccccc43)c12. The van der Waals surface area contributed by atoms with E-state index in [0.29, 0.717) is 11.5 Å². The van der Waals surface area contributed by atoms with Crippen molar-refractivity contribution in [3.8, 4) is 11.3 Å². The number of ether oxygens (including phenoxy) is 1. The number of fused-ring (bicyclic) bond motifs is 2. The molecule has 32 heavy (non-hydrogen) atoms. The first-order chi connectivity index (χ1) is 15.8. The summed E-state index contributed by atoms with van der Waals surface area (Å²) >= 11 is 0. The van der Waals surface area contributed by atoms with Crippen LogP contribution < -0.4 is 15.5 Å². The Morgan fingerprint density at radius 1 is 0.906 bits per heavy atom. The fourth-order valence-corrected chi connectivity index (χ4v) is 4.53. The highest BCUT2D eigenvalue weighted by Crippen LogP contribution is 2.40. The van der Waals surface area contributed by atoms with Gasteiger partial charge in [0.2, 0.25) is 0 Å². The summed E-state index contributed by atoms with van der Waals surface area (Å²) < 4.78 is 5.45. The predicted molar refractivity (Wildman–Crippen MR) is 125 cm³/mol. The number of pyridine rings is 2. The largest absolute Gasteiger partial charge is 0.383 e. The standard InChI is InChI=1S/C24H23N7O/c25-23-22-20(31-8-7-16-3-1-2-4-19(16)31)13-18(29-24(22)28-15-27-23)17-5-6-21(26-14-17)30-9-11-32-12-10-30/h1-6,13-15H,7-12H2,(H2,25,27,28,29). The van der Waals surface area contributed by atoms with Gasteiger partial charge in [-0.25, -0.2) is 19.9 Å². The fraction of sp³-hybridized carbons (Fsp3) is 0.250. The van der Waals surface area contributed by atoms with E-state index in [4.69, 9.17) is 20.4 Å². The maximum Gasteiger partial charge on any atom is 0.167 e. The molecule has 160 valence electrons. The predicted octanol–water partition coefficient (Wildman–Crippen LogP) is 3.20. The first-order valence-corrected chi connectivity index (χ1v) is 10.8. The van der Waals surface area contributed by atoms with Crippen LogP contribution in [0.1, 0.15) is 5.56 Å². The molecule has 0 spiro atoms. The van der Waals surface area contributed by atoms with E-state index >= 15 is 0 Å². The lowest BCUT2D eigenvalue weighted by molar-refractivity contribution is 0.122. The number of nitrogens with zero attached hydrogens (tertiary/aromatic N) is 6. The average molecular weight is 425 g/mol. The molecule has 2 N–H and O–H groups in total. The summed E-state index contributed by atoms with van der Waals surface area (Å²) in [7, 11) is 0. The summed E-state index contributed by atoms with van der Waals surface area (Å²) in [6, 6.07) is 14.7. The second-order valence-corrected chi connectivity index (χ2v) is 8.02. The Morgan fingerprint density at radius 3 is 2.62 bits per heavy atom. The van der Waals surface area contributed by atoms with Gasteiger partial charge < -0.3 is 20.3 Å². The summed E-state index contributed by atoms with van der Waals surface area (Å²) in [5.41, 5.74) is 12.1. The minimum atomic E-state index is 0.439. The molecule has 0 atom stereocenters. The summed E-state index contributed by atoms with van der Waals surface area (Å²) in [5.74, 6) is 1.40. The quantitative estimate of drug-likeness (QED) is 0.535. The van der Waals surface area contributed by atoms with Crippen molar-refractivity contribution in [1.82, 2.24) is 19.9 Å². The highest BCUT2D eigenvalue weighted by Gasteiger charge is 2.24. The van der Waals surface area contributed by atoms with Gasteiger partial charge in [-0.05, 0) is 36.2 Å². The van der Waals surface area contributed by atoms with Gasteiger partial charge in [0.1, 0.15) is 18.0 Å². The number of benzene rings is 1. The maximum atomic E-state index is 6.29. The van der Waals surface area contributed by atoms with Crippen LogP contribution in [0, 0.1) is 0 Å². The Kier molecular flexibility index (Phi) is 4.57. The molecule has 0 unspecified atom stereocenters. The number of nitrogens with two attached hydrogens (primary N) is 1. The summed E-state index contributed by atoms with van der Waals surface area (Å²) in [5, 5.41) is 0.783. The number of morpholine rings is 1. The Labute approximate surface area is 185 Å². The molecular weight excluding hydrogens is 402 g/mol. The van der Waals surface area contributed by atoms with Crippen molar-refractivity contribution >= 4 is 34.0 Å². The van der Waals surface area contributed by atoms with Crippen molar-refractivity contribution in [2.24, 2.45) is 0 Å². The third-order valence-electron chi connectivity index (χ3n) is 6.17. The number of nitrogen functional groups attached to an aromatic ring is 1. The van der Waals surface area contributed by atoms with Gasteiger partial charge in [-0.15, -0.1) is 0 Å². The number of hydrogen-bond acceptors (Lipinski definition) is 8. The topological polar surface area (TPSA) is 93.3 Å². The minimum absolute atomic E-state index is 0.439. The second-order valence-electron chi connectivity index (χ2n) is 8.02. The molecule has 1 aromatic carbocycles. The first kappa shape index (κ1) is 18.9. The summed E-state index contributed by atoms with van der Waals surface area (Å²) in [6.07, 6.45) is 4.33. The molecule has 2 aliphatic heterocycles. The third kappa shape index (κ3) is 3.20. The molecule has 8 heteroatoms. The van der Waals surface area contributed by atoms with Crippen molar-refractivity contribution in [3.63, 3.8) is 0 Å². The Balaban J connectivity index is 1.45.